The standard InChI is InChI=1S/C12H7FN4O/c13-6-1-2-8-7(5-6)10(11(18)16-8)9-3-4-15-12(14)17-9/h1-5H,(H2,14,15,17). The van der Waals surface area contributed by atoms with Crippen molar-refractivity contribution < 1.29 is 9.18 Å². The molecule has 0 aliphatic carbocycles. The number of rotatable bonds is 1. The predicted octanol–water partition coefficient (Wildman–Crippen LogP) is -0.443. The van der Waals surface area contributed by atoms with Gasteiger partial charge in [0.05, 0.1) is 16.6 Å². The van der Waals surface area contributed by atoms with E-state index in [9.17, 15) is 9.18 Å². The van der Waals surface area contributed by atoms with Crippen molar-refractivity contribution in [1.82, 2.24) is 9.97 Å². The Morgan fingerprint density at radius 2 is 2.06 bits per heavy atom. The summed E-state index contributed by atoms with van der Waals surface area (Å²) in [5, 5.41) is 0.867. The van der Waals surface area contributed by atoms with Crippen LogP contribution < -0.4 is 16.3 Å². The van der Waals surface area contributed by atoms with Gasteiger partial charge in [-0.1, -0.05) is 0 Å². The first-order valence-corrected chi connectivity index (χ1v) is 5.17. The Bertz CT molecular complexity index is 785. The number of aromatic nitrogens is 2. The van der Waals surface area contributed by atoms with E-state index >= 15 is 0 Å². The van der Waals surface area contributed by atoms with Crippen molar-refractivity contribution in [1.29, 1.82) is 0 Å². The predicted molar refractivity (Wildman–Crippen MR) is 61.1 cm³/mol. The zero-order chi connectivity index (χ0) is 12.7. The molecule has 1 aromatic carbocycles. The fraction of sp³-hybridized carbons (Fsp3) is 0. The van der Waals surface area contributed by atoms with Crippen molar-refractivity contribution in [2.24, 2.45) is 4.99 Å². The lowest BCUT2D eigenvalue weighted by molar-refractivity contribution is -0.112. The molecule has 1 amide bonds. The molecule has 6 heteroatoms. The molecule has 0 spiro atoms. The normalized spacial score (nSPS) is 13.4. The summed E-state index contributed by atoms with van der Waals surface area (Å²) in [4.78, 5) is 23.4. The Morgan fingerprint density at radius 3 is 2.83 bits per heavy atom. The van der Waals surface area contributed by atoms with E-state index in [-0.39, 0.29) is 11.5 Å². The maximum Gasteiger partial charge on any atom is 0.280 e. The molecule has 2 aromatic rings. The average molecular weight is 242 g/mol. The summed E-state index contributed by atoms with van der Waals surface area (Å²) >= 11 is 0. The molecule has 0 unspecified atom stereocenters. The van der Waals surface area contributed by atoms with Crippen LogP contribution in [0.2, 0.25) is 0 Å². The van der Waals surface area contributed by atoms with Crippen LogP contribution in [0, 0.1) is 5.82 Å². The number of amides is 1. The Labute approximate surface area is 101 Å². The van der Waals surface area contributed by atoms with Crippen molar-refractivity contribution >= 4 is 17.4 Å². The third-order valence-corrected chi connectivity index (χ3v) is 2.59. The molecule has 0 atom stereocenters. The van der Waals surface area contributed by atoms with E-state index in [0.29, 0.717) is 16.3 Å². The first-order chi connectivity index (χ1) is 8.65. The molecule has 2 heterocycles. The lowest BCUT2D eigenvalue weighted by Crippen LogP contribution is -2.24. The third-order valence-electron chi connectivity index (χ3n) is 2.59. The van der Waals surface area contributed by atoms with E-state index in [1.54, 1.807) is 6.07 Å². The smallest absolute Gasteiger partial charge is 0.280 e. The number of carbonyl (C=O) groups is 1. The Balaban J connectivity index is 2.38. The van der Waals surface area contributed by atoms with E-state index in [4.69, 9.17) is 5.73 Å². The number of nitrogen functional groups attached to an aromatic ring is 1. The molecular formula is C12H7FN4O. The second kappa shape index (κ2) is 3.69. The number of nitrogens with zero attached hydrogens (tertiary/aromatic N) is 3. The minimum atomic E-state index is -0.450. The lowest BCUT2D eigenvalue weighted by Gasteiger charge is -1.99. The molecule has 1 aromatic heterocycles. The Morgan fingerprint density at radius 1 is 1.22 bits per heavy atom. The summed E-state index contributed by atoms with van der Waals surface area (Å²) in [5.41, 5.74) is 6.07. The molecule has 2 N–H and O–H groups in total. The molecule has 0 saturated carbocycles. The fourth-order valence-corrected chi connectivity index (χ4v) is 1.85. The lowest BCUT2D eigenvalue weighted by atomic mass is 10.1. The van der Waals surface area contributed by atoms with Crippen LogP contribution in [0.15, 0.2) is 35.5 Å². The van der Waals surface area contributed by atoms with Gasteiger partial charge in [0.1, 0.15) is 5.82 Å². The van der Waals surface area contributed by atoms with Crippen LogP contribution in [-0.4, -0.2) is 15.9 Å². The van der Waals surface area contributed by atoms with Gasteiger partial charge in [0, 0.05) is 11.4 Å². The van der Waals surface area contributed by atoms with E-state index in [1.807, 2.05) is 0 Å². The highest BCUT2D eigenvalue weighted by Gasteiger charge is 2.20. The number of carbonyl (C=O) groups excluding carboxylic acids is 1. The average Bonchev–Trinajstić information content (AvgIpc) is 2.64. The number of hydrogen-bond donors (Lipinski definition) is 1. The molecule has 5 nitrogen and oxygen atoms in total. The zero-order valence-electron chi connectivity index (χ0n) is 9.09. The number of nitrogens with two attached hydrogens (primary N) is 1. The molecule has 88 valence electrons. The minimum Gasteiger partial charge on any atom is -0.368 e. The molecule has 1 aliphatic heterocycles. The van der Waals surface area contributed by atoms with Gasteiger partial charge in [0.15, 0.2) is 0 Å². The molecule has 0 bridgehead atoms. The van der Waals surface area contributed by atoms with Gasteiger partial charge in [-0.15, -0.1) is 0 Å². The van der Waals surface area contributed by atoms with Gasteiger partial charge in [-0.25, -0.2) is 19.4 Å². The zero-order valence-corrected chi connectivity index (χ0v) is 9.09. The number of fused-ring (bicyclic) bond motifs is 1. The van der Waals surface area contributed by atoms with Crippen LogP contribution in [0.25, 0.3) is 5.57 Å². The molecular weight excluding hydrogens is 235 g/mol. The van der Waals surface area contributed by atoms with Crippen LogP contribution in [0.4, 0.5) is 10.3 Å². The highest BCUT2D eigenvalue weighted by atomic mass is 19.1. The third kappa shape index (κ3) is 1.55. The molecule has 0 radical (unpaired) electrons. The summed E-state index contributed by atoms with van der Waals surface area (Å²) in [6, 6.07) is 5.52. The number of hydrogen-bond acceptors (Lipinski definition) is 4. The number of anilines is 1. The van der Waals surface area contributed by atoms with E-state index in [2.05, 4.69) is 15.0 Å². The Kier molecular flexibility index (Phi) is 2.16. The largest absolute Gasteiger partial charge is 0.368 e. The van der Waals surface area contributed by atoms with Crippen LogP contribution in [0.5, 0.6) is 0 Å². The second-order valence-corrected chi connectivity index (χ2v) is 3.75. The topological polar surface area (TPSA) is 81.2 Å². The summed E-state index contributed by atoms with van der Waals surface area (Å²) in [7, 11) is 0. The van der Waals surface area contributed by atoms with Crippen LogP contribution >= 0.6 is 0 Å². The molecule has 0 fully saturated rings. The van der Waals surface area contributed by atoms with Crippen molar-refractivity contribution in [3.05, 3.63) is 52.5 Å². The van der Waals surface area contributed by atoms with Crippen LogP contribution in [-0.2, 0) is 4.79 Å². The van der Waals surface area contributed by atoms with Gasteiger partial charge in [0.25, 0.3) is 5.91 Å². The van der Waals surface area contributed by atoms with Crippen molar-refractivity contribution in [2.75, 3.05) is 5.73 Å². The number of halogens is 1. The van der Waals surface area contributed by atoms with Gasteiger partial charge in [-0.2, -0.15) is 0 Å². The second-order valence-electron chi connectivity index (χ2n) is 3.75. The summed E-state index contributed by atoms with van der Waals surface area (Å²) < 4.78 is 13.2. The molecule has 1 aliphatic rings. The van der Waals surface area contributed by atoms with Gasteiger partial charge < -0.3 is 5.73 Å². The van der Waals surface area contributed by atoms with Crippen LogP contribution in [0.3, 0.4) is 0 Å². The highest BCUT2D eigenvalue weighted by molar-refractivity contribution is 6.20. The first kappa shape index (κ1) is 10.5. The van der Waals surface area contributed by atoms with Gasteiger partial charge in [-0.3, -0.25) is 4.79 Å². The number of benzene rings is 1. The summed E-state index contributed by atoms with van der Waals surface area (Å²) in [6.07, 6.45) is 1.44. The maximum absolute atomic E-state index is 13.2. The quantitative estimate of drug-likeness (QED) is 0.734. The summed E-state index contributed by atoms with van der Waals surface area (Å²) in [6.45, 7) is 0. The first-order valence-electron chi connectivity index (χ1n) is 5.17. The Hall–Kier alpha value is -2.63. The maximum atomic E-state index is 13.2. The van der Waals surface area contributed by atoms with Crippen LogP contribution in [0.1, 0.15) is 5.69 Å². The fourth-order valence-electron chi connectivity index (χ4n) is 1.85. The minimum absolute atomic E-state index is 0.0534. The molecule has 3 rings (SSSR count). The monoisotopic (exact) mass is 242 g/mol. The van der Waals surface area contributed by atoms with E-state index < -0.39 is 11.7 Å². The highest BCUT2D eigenvalue weighted by Crippen LogP contribution is 2.12. The SMILES string of the molecule is Nc1nccc(C2=c3cc(F)ccc3=NC2=O)n1. The van der Waals surface area contributed by atoms with E-state index in [1.165, 1.54) is 24.4 Å². The van der Waals surface area contributed by atoms with E-state index in [0.717, 1.165) is 0 Å². The van der Waals surface area contributed by atoms with Gasteiger partial charge in [-0.05, 0) is 24.3 Å². The van der Waals surface area contributed by atoms with Crippen molar-refractivity contribution in [3.63, 3.8) is 0 Å². The molecule has 0 saturated heterocycles. The van der Waals surface area contributed by atoms with Crippen molar-refractivity contribution in [2.45, 2.75) is 0 Å². The summed E-state index contributed by atoms with van der Waals surface area (Å²) in [5.74, 6) is -0.829. The molecule has 18 heavy (non-hydrogen) atoms. The van der Waals surface area contributed by atoms with Crippen molar-refractivity contribution in [3.8, 4) is 0 Å². The van der Waals surface area contributed by atoms with Gasteiger partial charge >= 0.3 is 0 Å². The van der Waals surface area contributed by atoms with Gasteiger partial charge in [0.2, 0.25) is 5.95 Å².